The van der Waals surface area contributed by atoms with Gasteiger partial charge in [-0.3, -0.25) is 9.78 Å². The van der Waals surface area contributed by atoms with Crippen LogP contribution >= 0.6 is 0 Å². The van der Waals surface area contributed by atoms with E-state index in [-0.39, 0.29) is 12.3 Å². The van der Waals surface area contributed by atoms with Gasteiger partial charge in [-0.2, -0.15) is 0 Å². The first-order chi connectivity index (χ1) is 17.1. The van der Waals surface area contributed by atoms with Crippen LogP contribution in [-0.2, 0) is 17.6 Å². The second kappa shape index (κ2) is 9.23. The van der Waals surface area contributed by atoms with Crippen LogP contribution in [0.1, 0.15) is 54.8 Å². The van der Waals surface area contributed by atoms with Crippen molar-refractivity contribution in [2.45, 2.75) is 50.9 Å². The van der Waals surface area contributed by atoms with Crippen molar-refractivity contribution < 1.29 is 9.90 Å². The zero-order chi connectivity index (χ0) is 23.8. The minimum absolute atomic E-state index is 0.0490. The average molecular weight is 471 g/mol. The van der Waals surface area contributed by atoms with Crippen molar-refractivity contribution in [1.82, 2.24) is 14.9 Å². The second-order valence-corrected chi connectivity index (χ2v) is 11.0. The van der Waals surface area contributed by atoms with Gasteiger partial charge in [-0.05, 0) is 91.6 Å². The highest BCUT2D eigenvalue weighted by atomic mass is 16.4. The standard InChI is InChI=1S/C29H34N4O2/c34-27(35)14-25(22-13-21-5-1-2-8-26(21)31-17-22)23-15-29(16-23)18-33(19-29)12-4-7-24-10-9-20-6-3-11-30-28(20)32-24/h1-2,5,8-10,13,17,23,25H,3-4,6-7,11-12,14-16,18-19H2,(H,30,32)(H,34,35). The number of fused-ring (bicyclic) bond motifs is 2. The number of carboxylic acid groups (broad SMARTS) is 1. The number of carbonyl (C=O) groups is 1. The van der Waals surface area contributed by atoms with E-state index in [0.29, 0.717) is 11.3 Å². The van der Waals surface area contributed by atoms with Gasteiger partial charge in [0.1, 0.15) is 5.82 Å². The average Bonchev–Trinajstić information content (AvgIpc) is 2.82. The third-order valence-electron chi connectivity index (χ3n) is 8.37. The fraction of sp³-hybridized carbons (Fsp3) is 0.483. The van der Waals surface area contributed by atoms with Crippen molar-refractivity contribution >= 4 is 22.7 Å². The van der Waals surface area contributed by atoms with E-state index in [9.17, 15) is 9.90 Å². The molecule has 182 valence electrons. The van der Waals surface area contributed by atoms with Crippen LogP contribution in [0.15, 0.2) is 48.7 Å². The van der Waals surface area contributed by atoms with Gasteiger partial charge in [0.05, 0.1) is 11.9 Å². The Bertz CT molecular complexity index is 1230. The molecule has 0 radical (unpaired) electrons. The number of nitrogens with one attached hydrogen (secondary N) is 1. The number of benzene rings is 1. The lowest BCUT2D eigenvalue weighted by atomic mass is 9.53. The molecule has 6 rings (SSSR count). The van der Waals surface area contributed by atoms with Crippen LogP contribution in [0.2, 0.25) is 0 Å². The molecule has 6 heteroatoms. The molecule has 0 amide bonds. The summed E-state index contributed by atoms with van der Waals surface area (Å²) in [5.74, 6) is 0.858. The molecule has 1 atom stereocenters. The number of hydrogen-bond acceptors (Lipinski definition) is 5. The molecule has 4 heterocycles. The number of rotatable bonds is 8. The van der Waals surface area contributed by atoms with E-state index >= 15 is 0 Å². The summed E-state index contributed by atoms with van der Waals surface area (Å²) in [4.78, 5) is 23.7. The van der Waals surface area contributed by atoms with Gasteiger partial charge in [0.25, 0.3) is 0 Å². The number of hydrogen-bond donors (Lipinski definition) is 2. The Labute approximate surface area is 206 Å². The molecular weight excluding hydrogens is 436 g/mol. The van der Waals surface area contributed by atoms with Crippen LogP contribution in [-0.4, -0.2) is 52.1 Å². The Morgan fingerprint density at radius 1 is 1.20 bits per heavy atom. The number of nitrogens with zero attached hydrogens (tertiary/aromatic N) is 3. The van der Waals surface area contributed by atoms with Gasteiger partial charge in [-0.1, -0.05) is 24.3 Å². The monoisotopic (exact) mass is 470 g/mol. The summed E-state index contributed by atoms with van der Waals surface area (Å²) in [5.41, 5.74) is 4.99. The van der Waals surface area contributed by atoms with Crippen molar-refractivity contribution in [3.63, 3.8) is 0 Å². The van der Waals surface area contributed by atoms with Gasteiger partial charge < -0.3 is 15.3 Å². The van der Waals surface area contributed by atoms with Crippen LogP contribution in [0.3, 0.4) is 0 Å². The Balaban J connectivity index is 1.01. The summed E-state index contributed by atoms with van der Waals surface area (Å²) in [7, 11) is 0. The molecule has 2 aliphatic heterocycles. The summed E-state index contributed by atoms with van der Waals surface area (Å²) in [6.07, 6.45) is 8.84. The van der Waals surface area contributed by atoms with E-state index < -0.39 is 5.97 Å². The summed E-state index contributed by atoms with van der Waals surface area (Å²) in [6, 6.07) is 14.7. The van der Waals surface area contributed by atoms with E-state index in [1.807, 2.05) is 24.4 Å². The van der Waals surface area contributed by atoms with Crippen LogP contribution in [0.5, 0.6) is 0 Å². The predicted octanol–water partition coefficient (Wildman–Crippen LogP) is 4.89. The lowest BCUT2D eigenvalue weighted by molar-refractivity contribution is -0.140. The first-order valence-corrected chi connectivity index (χ1v) is 13.1. The Hall–Kier alpha value is -2.99. The summed E-state index contributed by atoms with van der Waals surface area (Å²) in [5, 5.41) is 14.1. The maximum atomic E-state index is 11.7. The van der Waals surface area contributed by atoms with Crippen LogP contribution < -0.4 is 5.32 Å². The molecule has 2 N–H and O–H groups in total. The number of aryl methyl sites for hydroxylation is 2. The molecule has 0 bridgehead atoms. The molecule has 3 aliphatic rings. The number of carboxylic acids is 1. The third kappa shape index (κ3) is 4.64. The van der Waals surface area contributed by atoms with Gasteiger partial charge in [0, 0.05) is 36.9 Å². The molecule has 35 heavy (non-hydrogen) atoms. The maximum absolute atomic E-state index is 11.7. The van der Waals surface area contributed by atoms with E-state index in [0.717, 1.165) is 80.6 Å². The summed E-state index contributed by atoms with van der Waals surface area (Å²) < 4.78 is 0. The summed E-state index contributed by atoms with van der Waals surface area (Å²) >= 11 is 0. The van der Waals surface area contributed by atoms with E-state index in [1.54, 1.807) is 0 Å². The fourth-order valence-corrected chi connectivity index (χ4v) is 6.68. The molecule has 1 saturated heterocycles. The SMILES string of the molecule is O=C(O)CC(c1cnc2ccccc2c1)C1CC2(C1)CN(CCCc1ccc3c(n1)NCCC3)C2. The molecule has 2 aromatic heterocycles. The highest BCUT2D eigenvalue weighted by molar-refractivity contribution is 5.79. The van der Waals surface area contributed by atoms with Gasteiger partial charge >= 0.3 is 5.97 Å². The first kappa shape index (κ1) is 22.5. The van der Waals surface area contributed by atoms with Gasteiger partial charge in [0.15, 0.2) is 0 Å². The van der Waals surface area contributed by atoms with Gasteiger partial charge in [-0.25, -0.2) is 4.98 Å². The minimum atomic E-state index is -0.717. The normalized spacial score (nSPS) is 20.0. The first-order valence-electron chi connectivity index (χ1n) is 13.1. The number of pyridine rings is 2. The van der Waals surface area contributed by atoms with Crippen LogP contribution in [0, 0.1) is 11.3 Å². The number of aromatic nitrogens is 2. The Morgan fingerprint density at radius 3 is 2.91 bits per heavy atom. The quantitative estimate of drug-likeness (QED) is 0.488. The fourth-order valence-electron chi connectivity index (χ4n) is 6.68. The molecule has 1 unspecified atom stereocenters. The van der Waals surface area contributed by atoms with Crippen LogP contribution in [0.25, 0.3) is 10.9 Å². The van der Waals surface area contributed by atoms with E-state index in [4.69, 9.17) is 4.98 Å². The maximum Gasteiger partial charge on any atom is 0.303 e. The topological polar surface area (TPSA) is 78.3 Å². The molecule has 1 spiro atoms. The Morgan fingerprint density at radius 2 is 2.06 bits per heavy atom. The van der Waals surface area contributed by atoms with Crippen molar-refractivity contribution in [2.24, 2.45) is 11.3 Å². The molecule has 1 aliphatic carbocycles. The number of anilines is 1. The minimum Gasteiger partial charge on any atom is -0.481 e. The lowest BCUT2D eigenvalue weighted by Gasteiger charge is -2.61. The van der Waals surface area contributed by atoms with Gasteiger partial charge in [0.2, 0.25) is 0 Å². The highest BCUT2D eigenvalue weighted by Gasteiger charge is 2.53. The van der Waals surface area contributed by atoms with Crippen molar-refractivity contribution in [1.29, 1.82) is 0 Å². The van der Waals surface area contributed by atoms with E-state index in [2.05, 4.69) is 39.5 Å². The van der Waals surface area contributed by atoms with Crippen molar-refractivity contribution in [2.75, 3.05) is 31.5 Å². The zero-order valence-corrected chi connectivity index (χ0v) is 20.2. The number of aliphatic carboxylic acids is 1. The molecule has 1 saturated carbocycles. The van der Waals surface area contributed by atoms with Crippen molar-refractivity contribution in [3.8, 4) is 0 Å². The summed E-state index contributed by atoms with van der Waals surface area (Å²) in [6.45, 7) is 4.45. The Kier molecular flexibility index (Phi) is 5.93. The van der Waals surface area contributed by atoms with Gasteiger partial charge in [-0.15, -0.1) is 0 Å². The molecule has 1 aromatic carbocycles. The molecule has 2 fully saturated rings. The smallest absolute Gasteiger partial charge is 0.303 e. The largest absolute Gasteiger partial charge is 0.481 e. The van der Waals surface area contributed by atoms with E-state index in [1.165, 1.54) is 17.7 Å². The molecule has 3 aromatic rings. The number of likely N-dealkylation sites (tertiary alicyclic amines) is 1. The molecular formula is C29H34N4O2. The predicted molar refractivity (Wildman–Crippen MR) is 138 cm³/mol. The van der Waals surface area contributed by atoms with Crippen LogP contribution in [0.4, 0.5) is 5.82 Å². The molecule has 6 nitrogen and oxygen atoms in total. The third-order valence-corrected chi connectivity index (χ3v) is 8.37. The number of para-hydroxylation sites is 1. The zero-order valence-electron chi connectivity index (χ0n) is 20.2. The lowest BCUT2D eigenvalue weighted by Crippen LogP contribution is -2.62. The van der Waals surface area contributed by atoms with Crippen molar-refractivity contribution in [3.05, 3.63) is 65.5 Å². The highest BCUT2D eigenvalue weighted by Crippen LogP contribution is 2.57. The second-order valence-electron chi connectivity index (χ2n) is 11.0.